The lowest BCUT2D eigenvalue weighted by Gasteiger charge is -2.35. The molecular weight excluding hydrogens is 607 g/mol. The number of nitrogens with one attached hydrogen (secondary N) is 3. The summed E-state index contributed by atoms with van der Waals surface area (Å²) in [6.07, 6.45) is 4.11. The highest BCUT2D eigenvalue weighted by atomic mass is 35.5. The number of amides is 3. The first-order chi connectivity index (χ1) is 21.1. The van der Waals surface area contributed by atoms with Crippen molar-refractivity contribution in [3.8, 4) is 0 Å². The SMILES string of the molecule is C=CC(=O)Nc1cc(N2CCN(CC)CC2)ccc1Nc1cc(N(C)C(=O)NC(C(=C)Cl)=C(Cl)C(=CCOC)OC)ncn1. The minimum absolute atomic E-state index is 0.00745. The molecular formula is C30H38Cl2N8O4. The Morgan fingerprint density at radius 1 is 1.11 bits per heavy atom. The van der Waals surface area contributed by atoms with Crippen molar-refractivity contribution < 1.29 is 19.1 Å². The number of allylic oxidation sites excluding steroid dienone is 2. The molecule has 1 aromatic heterocycles. The van der Waals surface area contributed by atoms with Crippen molar-refractivity contribution >= 4 is 63.8 Å². The van der Waals surface area contributed by atoms with E-state index in [1.54, 1.807) is 12.1 Å². The van der Waals surface area contributed by atoms with Gasteiger partial charge in [-0.1, -0.05) is 43.3 Å². The van der Waals surface area contributed by atoms with Gasteiger partial charge in [-0.05, 0) is 36.9 Å². The molecule has 2 heterocycles. The maximum absolute atomic E-state index is 13.2. The summed E-state index contributed by atoms with van der Waals surface area (Å²) in [6.45, 7) is 14.4. The average molecular weight is 646 g/mol. The quantitative estimate of drug-likeness (QED) is 0.157. The van der Waals surface area contributed by atoms with Crippen LogP contribution in [0, 0.1) is 0 Å². The topological polar surface area (TPSA) is 124 Å². The van der Waals surface area contributed by atoms with Crippen molar-refractivity contribution in [3.63, 3.8) is 0 Å². The molecule has 3 rings (SSSR count). The van der Waals surface area contributed by atoms with Crippen molar-refractivity contribution in [1.82, 2.24) is 20.2 Å². The monoisotopic (exact) mass is 644 g/mol. The van der Waals surface area contributed by atoms with Crippen molar-refractivity contribution in [2.75, 3.05) is 81.0 Å². The second kappa shape index (κ2) is 16.7. The number of anilines is 5. The van der Waals surface area contributed by atoms with Gasteiger partial charge < -0.3 is 35.2 Å². The summed E-state index contributed by atoms with van der Waals surface area (Å²) < 4.78 is 10.3. The Bertz CT molecular complexity index is 1420. The standard InChI is InChI=1S/C30H38Cl2N8O4/c1-7-27(41)36-23-17-21(40-14-12-39(8-2)13-15-40)9-10-22(23)35-25-18-26(34-19-33-25)38(4)30(42)37-29(20(3)31)28(32)24(44-6)11-16-43-5/h7,9-11,17-19H,1,3,8,12-16H2,2,4-6H3,(H,36,41)(H,37,42)(H,33,34,35). The fourth-order valence-corrected chi connectivity index (χ4v) is 4.77. The number of methoxy groups -OCH3 is 2. The Kier molecular flexibility index (Phi) is 13.0. The summed E-state index contributed by atoms with van der Waals surface area (Å²) in [5, 5.41) is 8.77. The van der Waals surface area contributed by atoms with Gasteiger partial charge in [0.15, 0.2) is 0 Å². The Hall–Kier alpha value is -4.10. The summed E-state index contributed by atoms with van der Waals surface area (Å²) in [5.41, 5.74) is 2.19. The van der Waals surface area contributed by atoms with Gasteiger partial charge >= 0.3 is 6.03 Å². The average Bonchev–Trinajstić information content (AvgIpc) is 3.04. The number of piperazine rings is 1. The first-order valence-corrected chi connectivity index (χ1v) is 14.5. The molecule has 1 aliphatic heterocycles. The van der Waals surface area contributed by atoms with E-state index in [1.807, 2.05) is 18.2 Å². The smallest absolute Gasteiger partial charge is 0.327 e. The van der Waals surface area contributed by atoms with Crippen LogP contribution in [0.15, 0.2) is 77.4 Å². The number of benzene rings is 1. The number of urea groups is 1. The third-order valence-corrected chi connectivity index (χ3v) is 7.35. The number of hydrogen-bond donors (Lipinski definition) is 3. The van der Waals surface area contributed by atoms with Gasteiger partial charge in [0.2, 0.25) is 5.91 Å². The van der Waals surface area contributed by atoms with Crippen LogP contribution in [-0.4, -0.2) is 87.4 Å². The highest BCUT2D eigenvalue weighted by Gasteiger charge is 2.21. The van der Waals surface area contributed by atoms with Crippen LogP contribution in [-0.2, 0) is 14.3 Å². The van der Waals surface area contributed by atoms with Crippen molar-refractivity contribution in [3.05, 3.63) is 77.4 Å². The number of hydrogen-bond acceptors (Lipinski definition) is 9. The Morgan fingerprint density at radius 3 is 2.45 bits per heavy atom. The molecule has 0 saturated carbocycles. The van der Waals surface area contributed by atoms with Gasteiger partial charge in [0, 0.05) is 52.1 Å². The predicted molar refractivity (Wildman–Crippen MR) is 177 cm³/mol. The fourth-order valence-electron chi connectivity index (χ4n) is 4.27. The third kappa shape index (κ3) is 9.20. The van der Waals surface area contributed by atoms with Crippen molar-refractivity contribution in [2.24, 2.45) is 0 Å². The second-order valence-corrected chi connectivity index (χ2v) is 10.4. The first kappa shape index (κ1) is 34.4. The van der Waals surface area contributed by atoms with Crippen LogP contribution in [0.4, 0.5) is 33.5 Å². The molecule has 0 unspecified atom stereocenters. The van der Waals surface area contributed by atoms with Crippen LogP contribution in [0.5, 0.6) is 0 Å². The number of ether oxygens (including phenoxy) is 2. The molecule has 44 heavy (non-hydrogen) atoms. The Labute approximate surface area is 268 Å². The highest BCUT2D eigenvalue weighted by molar-refractivity contribution is 6.36. The van der Waals surface area contributed by atoms with Gasteiger partial charge in [-0.3, -0.25) is 9.69 Å². The van der Waals surface area contributed by atoms with Crippen LogP contribution in [0.1, 0.15) is 6.92 Å². The second-order valence-electron chi connectivity index (χ2n) is 9.54. The number of carbonyl (C=O) groups is 2. The van der Waals surface area contributed by atoms with Crippen LogP contribution < -0.4 is 25.8 Å². The summed E-state index contributed by atoms with van der Waals surface area (Å²) in [5.74, 6) is 0.542. The van der Waals surface area contributed by atoms with Gasteiger partial charge in [0.1, 0.15) is 28.8 Å². The zero-order chi connectivity index (χ0) is 32.2. The maximum Gasteiger partial charge on any atom is 0.327 e. The lowest BCUT2D eigenvalue weighted by atomic mass is 10.2. The molecule has 0 bridgehead atoms. The lowest BCUT2D eigenvalue weighted by Crippen LogP contribution is -2.46. The van der Waals surface area contributed by atoms with Gasteiger partial charge in [-0.15, -0.1) is 0 Å². The Balaban J connectivity index is 1.83. The number of likely N-dealkylation sites (N-methyl/N-ethyl adjacent to an activating group) is 1. The molecule has 1 fully saturated rings. The molecule has 0 atom stereocenters. The fraction of sp³-hybridized carbons (Fsp3) is 0.333. The summed E-state index contributed by atoms with van der Waals surface area (Å²) in [7, 11) is 4.47. The molecule has 0 aliphatic carbocycles. The van der Waals surface area contributed by atoms with Crippen LogP contribution >= 0.6 is 23.2 Å². The molecule has 0 spiro atoms. The van der Waals surface area contributed by atoms with Gasteiger partial charge in [0.25, 0.3) is 0 Å². The van der Waals surface area contributed by atoms with E-state index in [1.165, 1.54) is 38.6 Å². The van der Waals surface area contributed by atoms with E-state index in [0.717, 1.165) is 38.4 Å². The molecule has 1 aromatic carbocycles. The van der Waals surface area contributed by atoms with E-state index in [4.69, 9.17) is 32.7 Å². The number of nitrogens with zero attached hydrogens (tertiary/aromatic N) is 5. The van der Waals surface area contributed by atoms with Crippen molar-refractivity contribution in [2.45, 2.75) is 6.92 Å². The van der Waals surface area contributed by atoms with E-state index in [-0.39, 0.29) is 39.9 Å². The summed E-state index contributed by atoms with van der Waals surface area (Å²) in [6, 6.07) is 6.75. The summed E-state index contributed by atoms with van der Waals surface area (Å²) >= 11 is 12.6. The van der Waals surface area contributed by atoms with Crippen molar-refractivity contribution in [1.29, 1.82) is 0 Å². The molecule has 3 N–H and O–H groups in total. The number of rotatable bonds is 13. The van der Waals surface area contributed by atoms with E-state index in [9.17, 15) is 9.59 Å². The number of halogens is 2. The largest absolute Gasteiger partial charge is 0.495 e. The molecule has 12 nitrogen and oxygen atoms in total. The molecule has 1 aliphatic rings. The normalized spacial score (nSPS) is 14.3. The molecule has 236 valence electrons. The zero-order valence-electron chi connectivity index (χ0n) is 25.3. The molecule has 14 heteroatoms. The maximum atomic E-state index is 13.2. The van der Waals surface area contributed by atoms with Gasteiger partial charge in [-0.2, -0.15) is 0 Å². The van der Waals surface area contributed by atoms with Crippen LogP contribution in [0.2, 0.25) is 0 Å². The van der Waals surface area contributed by atoms with E-state index in [2.05, 4.69) is 55.8 Å². The molecule has 2 aromatic rings. The number of carbonyl (C=O) groups excluding carboxylic acids is 2. The highest BCUT2D eigenvalue weighted by Crippen LogP contribution is 2.31. The lowest BCUT2D eigenvalue weighted by molar-refractivity contribution is -0.111. The van der Waals surface area contributed by atoms with E-state index in [0.29, 0.717) is 17.2 Å². The van der Waals surface area contributed by atoms with Crippen LogP contribution in [0.25, 0.3) is 0 Å². The van der Waals surface area contributed by atoms with Gasteiger partial charge in [0.05, 0.1) is 35.8 Å². The van der Waals surface area contributed by atoms with E-state index < -0.39 is 6.03 Å². The van der Waals surface area contributed by atoms with E-state index >= 15 is 0 Å². The first-order valence-electron chi connectivity index (χ1n) is 13.8. The molecule has 0 radical (unpaired) electrons. The molecule has 3 amide bonds. The number of aromatic nitrogens is 2. The van der Waals surface area contributed by atoms with Crippen LogP contribution in [0.3, 0.4) is 0 Å². The summed E-state index contributed by atoms with van der Waals surface area (Å²) in [4.78, 5) is 39.9. The third-order valence-electron chi connectivity index (χ3n) is 6.79. The minimum Gasteiger partial charge on any atom is -0.495 e. The predicted octanol–water partition coefficient (Wildman–Crippen LogP) is 5.01. The Morgan fingerprint density at radius 2 is 1.84 bits per heavy atom. The molecule has 1 saturated heterocycles. The minimum atomic E-state index is -0.599. The van der Waals surface area contributed by atoms with Gasteiger partial charge in [-0.25, -0.2) is 14.8 Å². The zero-order valence-corrected chi connectivity index (χ0v) is 26.8.